The molecule has 1 heterocycles. The Morgan fingerprint density at radius 3 is 2.47 bits per heavy atom. The Morgan fingerprint density at radius 2 is 1.89 bits per heavy atom. The summed E-state index contributed by atoms with van der Waals surface area (Å²) < 4.78 is 1.91. The third kappa shape index (κ3) is 2.98. The van der Waals surface area contributed by atoms with Gasteiger partial charge < -0.3 is 5.32 Å². The fourth-order valence-electron chi connectivity index (χ4n) is 2.20. The normalized spacial score (nSPS) is 11.6. The van der Waals surface area contributed by atoms with Crippen LogP contribution < -0.4 is 5.32 Å². The van der Waals surface area contributed by atoms with Gasteiger partial charge in [0.05, 0.1) is 6.20 Å². The third-order valence-corrected chi connectivity index (χ3v) is 3.54. The van der Waals surface area contributed by atoms with Crippen molar-refractivity contribution in [1.82, 2.24) is 9.78 Å². The summed E-state index contributed by atoms with van der Waals surface area (Å²) in [6.45, 7) is 9.63. The average molecular weight is 257 g/mol. The van der Waals surface area contributed by atoms with E-state index in [1.54, 1.807) is 0 Å². The number of benzene rings is 1. The number of nitrogens with zero attached hydrogens (tertiary/aromatic N) is 2. The van der Waals surface area contributed by atoms with E-state index in [-0.39, 0.29) is 5.41 Å². The number of hydrogen-bond donors (Lipinski definition) is 1. The predicted octanol–water partition coefficient (Wildman–Crippen LogP) is 3.64. The van der Waals surface area contributed by atoms with E-state index in [1.807, 2.05) is 17.9 Å². The highest BCUT2D eigenvalue weighted by Crippen LogP contribution is 2.29. The molecule has 0 aliphatic rings. The molecule has 3 nitrogen and oxygen atoms in total. The molecule has 1 aromatic heterocycles. The van der Waals surface area contributed by atoms with Crippen molar-refractivity contribution in [2.24, 2.45) is 7.05 Å². The van der Waals surface area contributed by atoms with Crippen LogP contribution in [0.4, 0.5) is 5.69 Å². The topological polar surface area (TPSA) is 29.9 Å². The molecular weight excluding hydrogens is 234 g/mol. The number of aromatic nitrogens is 2. The minimum Gasteiger partial charge on any atom is -0.381 e. The maximum absolute atomic E-state index is 4.28. The quantitative estimate of drug-likeness (QED) is 0.909. The molecule has 2 rings (SSSR count). The molecule has 0 unspecified atom stereocenters. The van der Waals surface area contributed by atoms with E-state index in [0.29, 0.717) is 0 Å². The van der Waals surface area contributed by atoms with Gasteiger partial charge in [-0.2, -0.15) is 5.10 Å². The zero-order chi connectivity index (χ0) is 14.0. The van der Waals surface area contributed by atoms with Gasteiger partial charge in [0, 0.05) is 30.5 Å². The molecule has 0 saturated heterocycles. The monoisotopic (exact) mass is 257 g/mol. The van der Waals surface area contributed by atoms with Gasteiger partial charge >= 0.3 is 0 Å². The Kier molecular flexibility index (Phi) is 3.65. The van der Waals surface area contributed by atoms with E-state index in [9.17, 15) is 0 Å². The van der Waals surface area contributed by atoms with E-state index in [4.69, 9.17) is 0 Å². The van der Waals surface area contributed by atoms with Crippen LogP contribution in [-0.4, -0.2) is 9.78 Å². The molecule has 0 fully saturated rings. The second-order valence-electron chi connectivity index (χ2n) is 6.03. The molecule has 0 aliphatic heterocycles. The van der Waals surface area contributed by atoms with Crippen LogP contribution in [0.5, 0.6) is 0 Å². The maximum atomic E-state index is 4.28. The van der Waals surface area contributed by atoms with E-state index >= 15 is 0 Å². The zero-order valence-corrected chi connectivity index (χ0v) is 12.5. The minimum absolute atomic E-state index is 0.146. The van der Waals surface area contributed by atoms with Gasteiger partial charge in [-0.1, -0.05) is 39.0 Å². The summed E-state index contributed by atoms with van der Waals surface area (Å²) >= 11 is 0. The minimum atomic E-state index is 0.146. The van der Waals surface area contributed by atoms with Gasteiger partial charge in [0.15, 0.2) is 0 Å². The number of rotatable bonds is 3. The molecule has 0 amide bonds. The lowest BCUT2D eigenvalue weighted by atomic mass is 9.86. The summed E-state index contributed by atoms with van der Waals surface area (Å²) in [5.41, 5.74) is 5.15. The van der Waals surface area contributed by atoms with E-state index < -0.39 is 0 Å². The van der Waals surface area contributed by atoms with Crippen LogP contribution in [0.3, 0.4) is 0 Å². The molecule has 102 valence electrons. The van der Waals surface area contributed by atoms with Crippen molar-refractivity contribution in [3.63, 3.8) is 0 Å². The molecular formula is C16H23N3. The third-order valence-electron chi connectivity index (χ3n) is 3.54. The van der Waals surface area contributed by atoms with Crippen LogP contribution in [0, 0.1) is 6.92 Å². The highest BCUT2D eigenvalue weighted by atomic mass is 15.3. The Hall–Kier alpha value is -1.77. The fraction of sp³-hybridized carbons (Fsp3) is 0.438. The summed E-state index contributed by atoms with van der Waals surface area (Å²) in [5, 5.41) is 7.81. The van der Waals surface area contributed by atoms with Crippen LogP contribution in [0.1, 0.15) is 37.6 Å². The van der Waals surface area contributed by atoms with Crippen LogP contribution in [-0.2, 0) is 19.0 Å². The van der Waals surface area contributed by atoms with Gasteiger partial charge in [0.25, 0.3) is 0 Å². The van der Waals surface area contributed by atoms with Crippen LogP contribution in [0.2, 0.25) is 0 Å². The number of nitrogens with one attached hydrogen (secondary N) is 1. The molecule has 1 aromatic carbocycles. The molecule has 19 heavy (non-hydrogen) atoms. The first-order valence-electron chi connectivity index (χ1n) is 6.70. The smallest absolute Gasteiger partial charge is 0.0542 e. The van der Waals surface area contributed by atoms with Crippen LogP contribution in [0.15, 0.2) is 30.5 Å². The van der Waals surface area contributed by atoms with Crippen molar-refractivity contribution in [2.45, 2.75) is 39.7 Å². The number of aryl methyl sites for hydroxylation is 1. The largest absolute Gasteiger partial charge is 0.381 e. The van der Waals surface area contributed by atoms with Crippen LogP contribution in [0.25, 0.3) is 0 Å². The van der Waals surface area contributed by atoms with E-state index in [2.05, 4.69) is 62.4 Å². The Balaban J connectivity index is 2.19. The maximum Gasteiger partial charge on any atom is 0.0542 e. The lowest BCUT2D eigenvalue weighted by Crippen LogP contribution is -2.14. The second-order valence-corrected chi connectivity index (χ2v) is 6.03. The first kappa shape index (κ1) is 13.7. The lowest BCUT2D eigenvalue weighted by molar-refractivity contribution is 0.591. The summed E-state index contributed by atoms with van der Waals surface area (Å²) in [6.07, 6.45) is 1.93. The Morgan fingerprint density at radius 1 is 1.21 bits per heavy atom. The van der Waals surface area contributed by atoms with Crippen molar-refractivity contribution in [2.75, 3.05) is 5.32 Å². The van der Waals surface area contributed by atoms with E-state index in [1.165, 1.54) is 22.5 Å². The molecule has 0 radical (unpaired) electrons. The number of hydrogen-bond acceptors (Lipinski definition) is 2. The molecule has 0 saturated carbocycles. The Bertz CT molecular complexity index is 562. The lowest BCUT2D eigenvalue weighted by Gasteiger charge is -2.23. The molecule has 0 aliphatic carbocycles. The average Bonchev–Trinajstić information content (AvgIpc) is 2.67. The fourth-order valence-corrected chi connectivity index (χ4v) is 2.20. The van der Waals surface area contributed by atoms with Crippen molar-refractivity contribution in [3.8, 4) is 0 Å². The van der Waals surface area contributed by atoms with Crippen molar-refractivity contribution in [1.29, 1.82) is 0 Å². The summed E-state index contributed by atoms with van der Waals surface area (Å²) in [5.74, 6) is 0. The molecule has 0 bridgehead atoms. The number of anilines is 1. The highest BCUT2D eigenvalue weighted by Gasteiger charge is 2.17. The van der Waals surface area contributed by atoms with Gasteiger partial charge in [0.2, 0.25) is 0 Å². The first-order valence-corrected chi connectivity index (χ1v) is 6.70. The highest BCUT2D eigenvalue weighted by molar-refractivity contribution is 5.54. The van der Waals surface area contributed by atoms with Crippen molar-refractivity contribution in [3.05, 3.63) is 47.3 Å². The number of para-hydroxylation sites is 1. The molecule has 0 atom stereocenters. The molecule has 1 N–H and O–H groups in total. The molecule has 2 aromatic rings. The standard InChI is InChI=1S/C16H23N3/c1-12-13(11-18-19(12)5)10-17-15-9-7-6-8-14(15)16(2,3)4/h6-9,11,17H,10H2,1-5H3. The van der Waals surface area contributed by atoms with Gasteiger partial charge in [0.1, 0.15) is 0 Å². The van der Waals surface area contributed by atoms with Gasteiger partial charge in [-0.3, -0.25) is 4.68 Å². The SMILES string of the molecule is Cc1c(CNc2ccccc2C(C)(C)C)cnn1C. The second kappa shape index (κ2) is 5.08. The summed E-state index contributed by atoms with van der Waals surface area (Å²) in [6, 6.07) is 8.51. The van der Waals surface area contributed by atoms with Crippen molar-refractivity contribution < 1.29 is 0 Å². The Labute approximate surface area is 115 Å². The van der Waals surface area contributed by atoms with Gasteiger partial charge in [-0.05, 0) is 24.0 Å². The van der Waals surface area contributed by atoms with Gasteiger partial charge in [-0.15, -0.1) is 0 Å². The van der Waals surface area contributed by atoms with Gasteiger partial charge in [-0.25, -0.2) is 0 Å². The first-order chi connectivity index (χ1) is 8.89. The van der Waals surface area contributed by atoms with Crippen LogP contribution >= 0.6 is 0 Å². The zero-order valence-electron chi connectivity index (χ0n) is 12.5. The summed E-state index contributed by atoms with van der Waals surface area (Å²) in [7, 11) is 1.97. The summed E-state index contributed by atoms with van der Waals surface area (Å²) in [4.78, 5) is 0. The van der Waals surface area contributed by atoms with E-state index in [0.717, 1.165) is 6.54 Å². The predicted molar refractivity (Wildman–Crippen MR) is 80.4 cm³/mol. The molecule has 3 heteroatoms. The molecule has 0 spiro atoms. The van der Waals surface area contributed by atoms with Crippen molar-refractivity contribution >= 4 is 5.69 Å².